The number of aryl methyl sites for hydroxylation is 1. The molecule has 2 aromatic heterocycles. The zero-order valence-corrected chi connectivity index (χ0v) is 17.3. The van der Waals surface area contributed by atoms with E-state index in [4.69, 9.17) is 4.98 Å². The van der Waals surface area contributed by atoms with Crippen molar-refractivity contribution in [1.82, 2.24) is 29.5 Å². The van der Waals surface area contributed by atoms with E-state index in [2.05, 4.69) is 10.1 Å². The number of likely N-dealkylation sites (tertiary alicyclic amines) is 1. The third kappa shape index (κ3) is 3.75. The Kier molecular flexibility index (Phi) is 5.34. The molecule has 2 atom stereocenters. The van der Waals surface area contributed by atoms with Crippen molar-refractivity contribution in [3.63, 3.8) is 0 Å². The van der Waals surface area contributed by atoms with E-state index in [0.717, 1.165) is 48.6 Å². The lowest BCUT2D eigenvalue weighted by Crippen LogP contribution is -2.41. The average molecular weight is 396 g/mol. The first kappa shape index (κ1) is 19.5. The molecule has 1 fully saturated rings. The van der Waals surface area contributed by atoms with Crippen molar-refractivity contribution in [3.05, 3.63) is 41.2 Å². The Morgan fingerprint density at radius 2 is 2.07 bits per heavy atom. The molecule has 0 N–H and O–H groups in total. The van der Waals surface area contributed by atoms with E-state index >= 15 is 0 Å². The molecule has 0 saturated carbocycles. The quantitative estimate of drug-likeness (QED) is 0.794. The molecule has 0 aliphatic carbocycles. The molecule has 0 bridgehead atoms. The fourth-order valence-electron chi connectivity index (χ4n) is 4.41. The monoisotopic (exact) mass is 396 g/mol. The Morgan fingerprint density at radius 3 is 2.79 bits per heavy atom. The van der Waals surface area contributed by atoms with E-state index in [1.165, 1.54) is 0 Å². The molecular formula is C21H28N6O2. The van der Waals surface area contributed by atoms with E-state index in [1.54, 1.807) is 17.8 Å². The van der Waals surface area contributed by atoms with Gasteiger partial charge in [-0.3, -0.25) is 14.3 Å². The highest BCUT2D eigenvalue weighted by molar-refractivity contribution is 5.80. The predicted molar refractivity (Wildman–Crippen MR) is 107 cm³/mol. The highest BCUT2D eigenvalue weighted by Gasteiger charge is 2.31. The molecule has 2 aliphatic rings. The van der Waals surface area contributed by atoms with Gasteiger partial charge in [0.1, 0.15) is 6.04 Å². The number of hydrogen-bond acceptors (Lipinski definition) is 5. The second-order valence-electron chi connectivity index (χ2n) is 8.03. The molecule has 4 rings (SSSR count). The van der Waals surface area contributed by atoms with Crippen molar-refractivity contribution in [2.24, 2.45) is 0 Å². The molecule has 0 unspecified atom stereocenters. The van der Waals surface area contributed by atoms with Gasteiger partial charge in [0, 0.05) is 56.6 Å². The molecule has 4 heterocycles. The van der Waals surface area contributed by atoms with Gasteiger partial charge in [-0.1, -0.05) is 0 Å². The van der Waals surface area contributed by atoms with E-state index in [0.29, 0.717) is 19.5 Å². The Balaban J connectivity index is 1.50. The summed E-state index contributed by atoms with van der Waals surface area (Å²) in [6, 6.07) is 1.53. The number of hydrogen-bond donors (Lipinski definition) is 0. The van der Waals surface area contributed by atoms with Crippen LogP contribution in [-0.2, 0) is 22.6 Å². The third-order valence-electron chi connectivity index (χ3n) is 6.06. The smallest absolute Gasteiger partial charge is 0.247 e. The SMILES string of the molecule is CC(=O)N1CCCC[C@H]1c1ncc2c(n1)CCN(C(=O)[C@@H](C)n1nccc1C)C2. The first-order valence-electron chi connectivity index (χ1n) is 10.4. The van der Waals surface area contributed by atoms with Crippen LogP contribution >= 0.6 is 0 Å². The summed E-state index contributed by atoms with van der Waals surface area (Å²) in [4.78, 5) is 38.1. The van der Waals surface area contributed by atoms with Crippen LogP contribution in [0.15, 0.2) is 18.5 Å². The summed E-state index contributed by atoms with van der Waals surface area (Å²) < 4.78 is 1.76. The molecule has 0 aromatic carbocycles. The van der Waals surface area contributed by atoms with Gasteiger partial charge in [0.2, 0.25) is 11.8 Å². The van der Waals surface area contributed by atoms with Crippen molar-refractivity contribution in [3.8, 4) is 0 Å². The van der Waals surface area contributed by atoms with Crippen LogP contribution in [0.5, 0.6) is 0 Å². The van der Waals surface area contributed by atoms with Crippen molar-refractivity contribution in [1.29, 1.82) is 0 Å². The maximum atomic E-state index is 13.0. The topological polar surface area (TPSA) is 84.2 Å². The zero-order valence-electron chi connectivity index (χ0n) is 17.3. The number of amides is 2. The zero-order chi connectivity index (χ0) is 20.5. The van der Waals surface area contributed by atoms with Crippen LogP contribution in [0.4, 0.5) is 0 Å². The van der Waals surface area contributed by atoms with Crippen LogP contribution in [-0.4, -0.2) is 54.5 Å². The minimum Gasteiger partial charge on any atom is -0.336 e. The van der Waals surface area contributed by atoms with Crippen LogP contribution in [0.3, 0.4) is 0 Å². The van der Waals surface area contributed by atoms with Gasteiger partial charge in [0.15, 0.2) is 5.82 Å². The van der Waals surface area contributed by atoms with Crippen LogP contribution in [0, 0.1) is 6.92 Å². The maximum Gasteiger partial charge on any atom is 0.247 e. The van der Waals surface area contributed by atoms with Gasteiger partial charge in [-0.15, -0.1) is 0 Å². The van der Waals surface area contributed by atoms with Crippen LogP contribution in [0.1, 0.15) is 68.0 Å². The molecule has 2 aromatic rings. The predicted octanol–water partition coefficient (Wildman–Crippen LogP) is 2.20. The summed E-state index contributed by atoms with van der Waals surface area (Å²) in [7, 11) is 0. The van der Waals surface area contributed by atoms with Gasteiger partial charge in [-0.2, -0.15) is 5.10 Å². The lowest BCUT2D eigenvalue weighted by atomic mass is 10.00. The molecule has 2 aliphatic heterocycles. The Labute approximate surface area is 170 Å². The van der Waals surface area contributed by atoms with Gasteiger partial charge in [0.05, 0.1) is 11.7 Å². The van der Waals surface area contributed by atoms with Gasteiger partial charge in [0.25, 0.3) is 0 Å². The second-order valence-corrected chi connectivity index (χ2v) is 8.03. The molecule has 0 spiro atoms. The van der Waals surface area contributed by atoms with Gasteiger partial charge >= 0.3 is 0 Å². The van der Waals surface area contributed by atoms with Gasteiger partial charge in [-0.25, -0.2) is 9.97 Å². The summed E-state index contributed by atoms with van der Waals surface area (Å²) in [5.41, 5.74) is 2.96. The fourth-order valence-corrected chi connectivity index (χ4v) is 4.41. The number of nitrogens with zero attached hydrogens (tertiary/aromatic N) is 6. The molecular weight excluding hydrogens is 368 g/mol. The average Bonchev–Trinajstić information content (AvgIpc) is 3.17. The third-order valence-corrected chi connectivity index (χ3v) is 6.06. The number of carbonyl (C=O) groups excluding carboxylic acids is 2. The number of carbonyl (C=O) groups is 2. The van der Waals surface area contributed by atoms with Gasteiger partial charge < -0.3 is 9.80 Å². The van der Waals surface area contributed by atoms with E-state index in [1.807, 2.05) is 35.9 Å². The van der Waals surface area contributed by atoms with Crippen molar-refractivity contribution in [2.45, 2.75) is 65.1 Å². The van der Waals surface area contributed by atoms with Crippen molar-refractivity contribution >= 4 is 11.8 Å². The van der Waals surface area contributed by atoms with E-state index in [9.17, 15) is 9.59 Å². The van der Waals surface area contributed by atoms with Crippen LogP contribution in [0.25, 0.3) is 0 Å². The minimum atomic E-state index is -0.335. The Hall–Kier alpha value is -2.77. The molecule has 8 nitrogen and oxygen atoms in total. The number of fused-ring (bicyclic) bond motifs is 1. The first-order chi connectivity index (χ1) is 14.0. The molecule has 1 saturated heterocycles. The molecule has 0 radical (unpaired) electrons. The Morgan fingerprint density at radius 1 is 1.24 bits per heavy atom. The van der Waals surface area contributed by atoms with Gasteiger partial charge in [-0.05, 0) is 39.2 Å². The lowest BCUT2D eigenvalue weighted by Gasteiger charge is -2.35. The van der Waals surface area contributed by atoms with Crippen molar-refractivity contribution in [2.75, 3.05) is 13.1 Å². The molecule has 29 heavy (non-hydrogen) atoms. The Bertz CT molecular complexity index is 924. The summed E-state index contributed by atoms with van der Waals surface area (Å²) >= 11 is 0. The summed E-state index contributed by atoms with van der Waals surface area (Å²) in [6.45, 7) is 7.37. The first-order valence-corrected chi connectivity index (χ1v) is 10.4. The van der Waals surface area contributed by atoms with E-state index in [-0.39, 0.29) is 23.9 Å². The summed E-state index contributed by atoms with van der Waals surface area (Å²) in [5, 5.41) is 4.27. The fraction of sp³-hybridized carbons (Fsp3) is 0.571. The molecule has 154 valence electrons. The summed E-state index contributed by atoms with van der Waals surface area (Å²) in [5.74, 6) is 0.871. The highest BCUT2D eigenvalue weighted by Crippen LogP contribution is 2.30. The van der Waals surface area contributed by atoms with E-state index < -0.39 is 0 Å². The van der Waals surface area contributed by atoms with Crippen molar-refractivity contribution < 1.29 is 9.59 Å². The standard InChI is InChI=1S/C21H28N6O2/c1-14-7-9-23-27(14)15(2)21(29)25-11-8-18-17(13-25)12-22-20(24-18)19-6-4-5-10-26(19)16(3)28/h7,9,12,15,19H,4-6,8,10-11,13H2,1-3H3/t15-,19+/m1/s1. The lowest BCUT2D eigenvalue weighted by molar-refractivity contribution is -0.135. The number of aromatic nitrogens is 4. The normalized spacial score (nSPS) is 20.3. The summed E-state index contributed by atoms with van der Waals surface area (Å²) in [6.07, 6.45) is 7.29. The van der Waals surface area contributed by atoms with Crippen LogP contribution in [0.2, 0.25) is 0 Å². The van der Waals surface area contributed by atoms with Crippen LogP contribution < -0.4 is 0 Å². The minimum absolute atomic E-state index is 0.0333. The maximum absolute atomic E-state index is 13.0. The number of rotatable bonds is 3. The highest BCUT2D eigenvalue weighted by atomic mass is 16.2. The second kappa shape index (κ2) is 7.93. The number of piperidine rings is 1. The largest absolute Gasteiger partial charge is 0.336 e. The molecule has 2 amide bonds. The molecule has 8 heteroatoms.